The van der Waals surface area contributed by atoms with Crippen molar-refractivity contribution in [3.8, 4) is 5.75 Å². The van der Waals surface area contributed by atoms with Gasteiger partial charge in [0.25, 0.3) is 0 Å². The lowest BCUT2D eigenvalue weighted by Gasteiger charge is -2.23. The highest BCUT2D eigenvalue weighted by Crippen LogP contribution is 2.20. The molecule has 0 bridgehead atoms. The number of nitrogens with one attached hydrogen (secondary N) is 1. The molecule has 28 heavy (non-hydrogen) atoms. The molecular formula is C22H29IN4O. The molecule has 1 N–H and O–H groups in total. The molecule has 0 unspecified atom stereocenters. The molecule has 6 heteroatoms. The maximum Gasteiger partial charge on any atom is 0.193 e. The maximum atomic E-state index is 5.45. The Morgan fingerprint density at radius 2 is 1.89 bits per heavy atom. The zero-order valence-electron chi connectivity index (χ0n) is 16.8. The summed E-state index contributed by atoms with van der Waals surface area (Å²) in [6.07, 6.45) is 4.42. The summed E-state index contributed by atoms with van der Waals surface area (Å²) in [4.78, 5) is 8.88. The third-order valence-electron chi connectivity index (χ3n) is 4.72. The van der Waals surface area contributed by atoms with Gasteiger partial charge in [-0.05, 0) is 23.8 Å². The Kier molecular flexibility index (Phi) is 8.63. The van der Waals surface area contributed by atoms with E-state index in [2.05, 4.69) is 62.6 Å². The smallest absolute Gasteiger partial charge is 0.193 e. The molecule has 0 saturated heterocycles. The summed E-state index contributed by atoms with van der Waals surface area (Å²) >= 11 is 0. The molecule has 0 spiro atoms. The minimum atomic E-state index is 0. The van der Waals surface area contributed by atoms with Crippen LogP contribution in [0.25, 0.3) is 0 Å². The Morgan fingerprint density at radius 1 is 1.14 bits per heavy atom. The molecule has 1 aliphatic heterocycles. The van der Waals surface area contributed by atoms with Crippen LogP contribution >= 0.6 is 24.0 Å². The molecule has 0 aliphatic carbocycles. The molecule has 3 rings (SSSR count). The fourth-order valence-corrected chi connectivity index (χ4v) is 3.28. The number of rotatable bonds is 6. The Balaban J connectivity index is 0.00000280. The average Bonchev–Trinajstić information content (AvgIpc) is 3.24. The minimum Gasteiger partial charge on any atom is -0.496 e. The molecule has 0 fully saturated rings. The minimum absolute atomic E-state index is 0. The van der Waals surface area contributed by atoms with Crippen molar-refractivity contribution in [1.29, 1.82) is 0 Å². The second-order valence-corrected chi connectivity index (χ2v) is 6.61. The predicted molar refractivity (Wildman–Crippen MR) is 128 cm³/mol. The van der Waals surface area contributed by atoms with Crippen molar-refractivity contribution >= 4 is 35.6 Å². The lowest BCUT2D eigenvalue weighted by Crippen LogP contribution is -2.38. The number of para-hydroxylation sites is 1. The van der Waals surface area contributed by atoms with Crippen molar-refractivity contribution in [2.45, 2.75) is 13.1 Å². The van der Waals surface area contributed by atoms with Crippen LogP contribution in [0.15, 0.2) is 65.7 Å². The first-order chi connectivity index (χ1) is 13.2. The molecule has 150 valence electrons. The predicted octanol–water partition coefficient (Wildman–Crippen LogP) is 3.90. The van der Waals surface area contributed by atoms with E-state index in [1.54, 1.807) is 7.11 Å². The second-order valence-electron chi connectivity index (χ2n) is 6.61. The molecular weight excluding hydrogens is 463 g/mol. The van der Waals surface area contributed by atoms with Crippen LogP contribution in [0.4, 0.5) is 5.69 Å². The highest BCUT2D eigenvalue weighted by atomic mass is 127. The molecule has 0 radical (unpaired) electrons. The van der Waals surface area contributed by atoms with Gasteiger partial charge in [0.05, 0.1) is 7.11 Å². The van der Waals surface area contributed by atoms with Gasteiger partial charge in [-0.1, -0.05) is 42.5 Å². The standard InChI is InChI=1S/C22H28N4O.HI/c1-23-22(25(2)17-19-10-4-5-12-21(19)27-3)24-16-18-9-8-11-20(15-18)26-13-6-7-14-26;/h4-12,15H,13-14,16-17H2,1-3H3,(H,23,24);1H. The van der Waals surface area contributed by atoms with E-state index >= 15 is 0 Å². The molecule has 0 atom stereocenters. The fraction of sp³-hybridized carbons (Fsp3) is 0.318. The van der Waals surface area contributed by atoms with E-state index in [4.69, 9.17) is 4.74 Å². The number of halogens is 1. The summed E-state index contributed by atoms with van der Waals surface area (Å²) in [6.45, 7) is 3.43. The maximum absolute atomic E-state index is 5.45. The number of methoxy groups -OCH3 is 1. The van der Waals surface area contributed by atoms with Crippen LogP contribution in [-0.4, -0.2) is 45.2 Å². The number of nitrogens with zero attached hydrogens (tertiary/aromatic N) is 3. The van der Waals surface area contributed by atoms with Crippen molar-refractivity contribution in [3.05, 3.63) is 71.8 Å². The summed E-state index contributed by atoms with van der Waals surface area (Å²) in [5.41, 5.74) is 3.64. The first-order valence-corrected chi connectivity index (χ1v) is 9.24. The second kappa shape index (κ2) is 10.9. The Hall–Kier alpha value is -2.22. The quantitative estimate of drug-likeness (QED) is 0.288. The highest BCUT2D eigenvalue weighted by Gasteiger charge is 2.11. The Bertz CT molecular complexity index is 814. The topological polar surface area (TPSA) is 40.1 Å². The molecule has 2 aromatic rings. The van der Waals surface area contributed by atoms with Crippen molar-refractivity contribution < 1.29 is 4.74 Å². The van der Waals surface area contributed by atoms with Crippen LogP contribution in [0.2, 0.25) is 0 Å². The Labute approximate surface area is 185 Å². The molecule has 1 heterocycles. The molecule has 0 amide bonds. The molecule has 1 aliphatic rings. The lowest BCUT2D eigenvalue weighted by atomic mass is 10.2. The summed E-state index contributed by atoms with van der Waals surface area (Å²) in [5, 5.41) is 3.46. The summed E-state index contributed by atoms with van der Waals surface area (Å²) < 4.78 is 5.45. The van der Waals surface area contributed by atoms with E-state index in [1.165, 1.54) is 11.3 Å². The zero-order chi connectivity index (χ0) is 19.1. The molecule has 0 aromatic heterocycles. The van der Waals surface area contributed by atoms with Crippen LogP contribution in [0.3, 0.4) is 0 Å². The first-order valence-electron chi connectivity index (χ1n) is 9.24. The monoisotopic (exact) mass is 492 g/mol. The molecule has 0 saturated carbocycles. The van der Waals surface area contributed by atoms with Gasteiger partial charge in [0.1, 0.15) is 5.75 Å². The number of hydrogen-bond acceptors (Lipinski definition) is 3. The van der Waals surface area contributed by atoms with E-state index in [0.29, 0.717) is 0 Å². The van der Waals surface area contributed by atoms with Gasteiger partial charge in [0.15, 0.2) is 5.96 Å². The third-order valence-corrected chi connectivity index (χ3v) is 4.72. The van der Waals surface area contributed by atoms with Gasteiger partial charge in [0.2, 0.25) is 0 Å². The largest absolute Gasteiger partial charge is 0.496 e. The number of anilines is 1. The summed E-state index contributed by atoms with van der Waals surface area (Å²) in [7, 11) is 5.55. The van der Waals surface area contributed by atoms with E-state index in [1.807, 2.05) is 32.3 Å². The molecule has 2 aromatic carbocycles. The number of hydrogen-bond donors (Lipinski definition) is 1. The highest BCUT2D eigenvalue weighted by molar-refractivity contribution is 14.0. The van der Waals surface area contributed by atoms with Crippen LogP contribution in [-0.2, 0) is 13.1 Å². The van der Waals surface area contributed by atoms with Crippen molar-refractivity contribution in [2.24, 2.45) is 4.99 Å². The van der Waals surface area contributed by atoms with Crippen LogP contribution in [0.5, 0.6) is 5.75 Å². The van der Waals surface area contributed by atoms with Crippen molar-refractivity contribution in [2.75, 3.05) is 39.2 Å². The van der Waals surface area contributed by atoms with Gasteiger partial charge in [-0.2, -0.15) is 0 Å². The number of ether oxygens (including phenoxy) is 1. The number of guanidine groups is 1. The SMILES string of the molecule is CN=C(NCc1cccc(N2CC=CC2)c1)N(C)Cc1ccccc1OC.I. The van der Waals surface area contributed by atoms with E-state index in [9.17, 15) is 0 Å². The van der Waals surface area contributed by atoms with Gasteiger partial charge < -0.3 is 19.9 Å². The fourth-order valence-electron chi connectivity index (χ4n) is 3.28. The zero-order valence-corrected chi connectivity index (χ0v) is 19.1. The summed E-state index contributed by atoms with van der Waals surface area (Å²) in [6, 6.07) is 16.7. The van der Waals surface area contributed by atoms with Gasteiger partial charge in [-0.15, -0.1) is 24.0 Å². The summed E-state index contributed by atoms with van der Waals surface area (Å²) in [5.74, 6) is 1.75. The van der Waals surface area contributed by atoms with E-state index < -0.39 is 0 Å². The van der Waals surface area contributed by atoms with Gasteiger partial charge in [-0.3, -0.25) is 4.99 Å². The first kappa shape index (κ1) is 22.1. The van der Waals surface area contributed by atoms with Crippen LogP contribution in [0.1, 0.15) is 11.1 Å². The van der Waals surface area contributed by atoms with Crippen LogP contribution < -0.4 is 15.0 Å². The molecule has 5 nitrogen and oxygen atoms in total. The van der Waals surface area contributed by atoms with Crippen molar-refractivity contribution in [3.63, 3.8) is 0 Å². The van der Waals surface area contributed by atoms with Gasteiger partial charge >= 0.3 is 0 Å². The third kappa shape index (κ3) is 5.64. The van der Waals surface area contributed by atoms with Crippen LogP contribution in [0, 0.1) is 0 Å². The Morgan fingerprint density at radius 3 is 2.61 bits per heavy atom. The van der Waals surface area contributed by atoms with Gasteiger partial charge in [-0.25, -0.2) is 0 Å². The van der Waals surface area contributed by atoms with Crippen molar-refractivity contribution in [1.82, 2.24) is 10.2 Å². The average molecular weight is 492 g/mol. The number of benzene rings is 2. The lowest BCUT2D eigenvalue weighted by molar-refractivity contribution is 0.396. The van der Waals surface area contributed by atoms with E-state index in [0.717, 1.165) is 43.5 Å². The van der Waals surface area contributed by atoms with E-state index in [-0.39, 0.29) is 24.0 Å². The van der Waals surface area contributed by atoms with Gasteiger partial charge in [0, 0.05) is 51.5 Å². The number of aliphatic imine (C=N–C) groups is 1. The normalized spacial score (nSPS) is 13.2.